The van der Waals surface area contributed by atoms with Crippen molar-refractivity contribution in [1.82, 2.24) is 5.32 Å². The summed E-state index contributed by atoms with van der Waals surface area (Å²) in [7, 11) is 3.98. The second-order valence-corrected chi connectivity index (χ2v) is 5.96. The van der Waals surface area contributed by atoms with E-state index in [1.165, 1.54) is 42.7 Å². The number of fused-ring (bicyclic) bond motifs is 1. The fourth-order valence-electron chi connectivity index (χ4n) is 3.83. The van der Waals surface area contributed by atoms with Gasteiger partial charge in [0.25, 0.3) is 0 Å². The highest BCUT2D eigenvalue weighted by Crippen LogP contribution is 2.45. The highest BCUT2D eigenvalue weighted by Gasteiger charge is 2.34. The van der Waals surface area contributed by atoms with Crippen LogP contribution in [0.2, 0.25) is 0 Å². The van der Waals surface area contributed by atoms with Gasteiger partial charge in [-0.05, 0) is 62.0 Å². The number of likely N-dealkylation sites (N-methyl/N-ethyl adjacent to an activating group) is 1. The van der Waals surface area contributed by atoms with Crippen LogP contribution >= 0.6 is 0 Å². The Labute approximate surface area is 115 Å². The van der Waals surface area contributed by atoms with Gasteiger partial charge in [0.2, 0.25) is 0 Å². The Morgan fingerprint density at radius 1 is 1.26 bits per heavy atom. The molecule has 1 fully saturated rings. The molecule has 3 heteroatoms. The molecule has 0 bridgehead atoms. The lowest BCUT2D eigenvalue weighted by Gasteiger charge is -2.28. The van der Waals surface area contributed by atoms with Crippen LogP contribution < -0.4 is 15.0 Å². The fourth-order valence-corrected chi connectivity index (χ4v) is 3.83. The Morgan fingerprint density at radius 3 is 2.68 bits per heavy atom. The van der Waals surface area contributed by atoms with Gasteiger partial charge in [0.15, 0.2) is 0 Å². The summed E-state index contributed by atoms with van der Waals surface area (Å²) < 4.78 is 5.46. The van der Waals surface area contributed by atoms with Crippen LogP contribution in [-0.4, -0.2) is 33.8 Å². The average Bonchev–Trinajstić information content (AvgIpc) is 2.77. The van der Waals surface area contributed by atoms with Gasteiger partial charge in [-0.3, -0.25) is 0 Å². The van der Waals surface area contributed by atoms with E-state index in [2.05, 4.69) is 36.3 Å². The van der Waals surface area contributed by atoms with Crippen molar-refractivity contribution in [1.29, 1.82) is 0 Å². The summed E-state index contributed by atoms with van der Waals surface area (Å²) >= 11 is 0. The number of methoxy groups -OCH3 is 1. The van der Waals surface area contributed by atoms with Crippen LogP contribution in [0.1, 0.15) is 29.9 Å². The Morgan fingerprint density at radius 2 is 2.00 bits per heavy atom. The zero-order valence-electron chi connectivity index (χ0n) is 12.2. The van der Waals surface area contributed by atoms with Crippen molar-refractivity contribution < 1.29 is 4.74 Å². The van der Waals surface area contributed by atoms with Crippen molar-refractivity contribution in [3.8, 4) is 5.75 Å². The van der Waals surface area contributed by atoms with Gasteiger partial charge in [0.05, 0.1) is 7.11 Å². The Kier molecular flexibility index (Phi) is 3.40. The number of benzene rings is 1. The molecule has 19 heavy (non-hydrogen) atoms. The Bertz CT molecular complexity index is 466. The zero-order chi connectivity index (χ0) is 13.4. The number of rotatable bonds is 2. The minimum Gasteiger partial charge on any atom is -0.497 e. The van der Waals surface area contributed by atoms with E-state index in [0.29, 0.717) is 5.92 Å². The molecule has 1 N–H and O–H groups in total. The first-order valence-corrected chi connectivity index (χ1v) is 7.31. The van der Waals surface area contributed by atoms with Gasteiger partial charge in [-0.1, -0.05) is 0 Å². The highest BCUT2D eigenvalue weighted by atomic mass is 16.5. The molecule has 2 heterocycles. The number of anilines is 1. The van der Waals surface area contributed by atoms with Gasteiger partial charge in [-0.2, -0.15) is 0 Å². The zero-order valence-corrected chi connectivity index (χ0v) is 12.2. The molecule has 1 unspecified atom stereocenters. The van der Waals surface area contributed by atoms with E-state index in [4.69, 9.17) is 4.74 Å². The first kappa shape index (κ1) is 12.8. The summed E-state index contributed by atoms with van der Waals surface area (Å²) in [4.78, 5) is 2.43. The van der Waals surface area contributed by atoms with Gasteiger partial charge in [-0.25, -0.2) is 0 Å². The quantitative estimate of drug-likeness (QED) is 0.884. The molecule has 1 aromatic rings. The van der Waals surface area contributed by atoms with Crippen molar-refractivity contribution >= 4 is 5.69 Å². The molecule has 0 amide bonds. The van der Waals surface area contributed by atoms with Crippen molar-refractivity contribution in [3.63, 3.8) is 0 Å². The number of ether oxygens (including phenoxy) is 1. The SMILES string of the molecule is COc1cc(C)c2c(c1)C(C1CCNCC1)CN2C. The summed E-state index contributed by atoms with van der Waals surface area (Å²) in [6.45, 7) is 5.70. The van der Waals surface area contributed by atoms with E-state index in [1.54, 1.807) is 7.11 Å². The number of nitrogens with zero attached hydrogens (tertiary/aromatic N) is 1. The van der Waals surface area contributed by atoms with E-state index in [1.807, 2.05) is 0 Å². The monoisotopic (exact) mass is 260 g/mol. The van der Waals surface area contributed by atoms with Gasteiger partial charge >= 0.3 is 0 Å². The van der Waals surface area contributed by atoms with Crippen molar-refractivity contribution in [2.24, 2.45) is 5.92 Å². The average molecular weight is 260 g/mol. The van der Waals surface area contributed by atoms with E-state index in [9.17, 15) is 0 Å². The molecule has 0 aromatic heterocycles. The number of hydrogen-bond acceptors (Lipinski definition) is 3. The van der Waals surface area contributed by atoms with Crippen LogP contribution in [0.5, 0.6) is 5.75 Å². The molecule has 104 valence electrons. The van der Waals surface area contributed by atoms with Gasteiger partial charge in [-0.15, -0.1) is 0 Å². The molecular formula is C16H24N2O. The fraction of sp³-hybridized carbons (Fsp3) is 0.625. The molecule has 1 saturated heterocycles. The number of hydrogen-bond donors (Lipinski definition) is 1. The molecule has 3 rings (SSSR count). The number of nitrogens with one attached hydrogen (secondary N) is 1. The first-order valence-electron chi connectivity index (χ1n) is 7.31. The maximum atomic E-state index is 5.46. The first-order chi connectivity index (χ1) is 9.20. The summed E-state index contributed by atoms with van der Waals surface area (Å²) in [5.74, 6) is 2.50. The van der Waals surface area contributed by atoms with Crippen LogP contribution in [0.4, 0.5) is 5.69 Å². The molecule has 1 aromatic carbocycles. The Hall–Kier alpha value is -1.22. The summed E-state index contributed by atoms with van der Waals surface area (Å²) in [5.41, 5.74) is 4.28. The molecule has 0 radical (unpaired) electrons. The topological polar surface area (TPSA) is 24.5 Å². The molecule has 2 aliphatic heterocycles. The van der Waals surface area contributed by atoms with E-state index >= 15 is 0 Å². The lowest BCUT2D eigenvalue weighted by Crippen LogP contribution is -2.32. The van der Waals surface area contributed by atoms with Crippen LogP contribution in [0, 0.1) is 12.8 Å². The lowest BCUT2D eigenvalue weighted by atomic mass is 9.81. The van der Waals surface area contributed by atoms with Crippen molar-refractivity contribution in [2.75, 3.05) is 38.7 Å². The normalized spacial score (nSPS) is 23.5. The third-order valence-electron chi connectivity index (χ3n) is 4.74. The smallest absolute Gasteiger partial charge is 0.119 e. The van der Waals surface area contributed by atoms with E-state index < -0.39 is 0 Å². The predicted octanol–water partition coefficient (Wildman–Crippen LogP) is 2.54. The number of aryl methyl sites for hydroxylation is 1. The Balaban J connectivity index is 1.97. The van der Waals surface area contributed by atoms with Crippen molar-refractivity contribution in [3.05, 3.63) is 23.3 Å². The molecule has 1 atom stereocenters. The summed E-state index contributed by atoms with van der Waals surface area (Å²) in [5, 5.41) is 3.47. The van der Waals surface area contributed by atoms with Gasteiger partial charge in [0.1, 0.15) is 5.75 Å². The maximum Gasteiger partial charge on any atom is 0.119 e. The third kappa shape index (κ3) is 2.20. The molecule has 0 aliphatic carbocycles. The molecular weight excluding hydrogens is 236 g/mol. The molecule has 3 nitrogen and oxygen atoms in total. The molecule has 0 saturated carbocycles. The second-order valence-electron chi connectivity index (χ2n) is 5.96. The standard InChI is InChI=1S/C16H24N2O/c1-11-8-13(19-3)9-14-15(10-18(2)16(11)14)12-4-6-17-7-5-12/h8-9,12,15,17H,4-7,10H2,1-3H3. The summed E-state index contributed by atoms with van der Waals surface area (Å²) in [6.07, 6.45) is 2.60. The highest BCUT2D eigenvalue weighted by molar-refractivity contribution is 5.66. The van der Waals surface area contributed by atoms with Crippen LogP contribution in [0.25, 0.3) is 0 Å². The molecule has 0 spiro atoms. The van der Waals surface area contributed by atoms with Crippen LogP contribution in [0.15, 0.2) is 12.1 Å². The molecule has 2 aliphatic rings. The lowest BCUT2D eigenvalue weighted by molar-refractivity contribution is 0.326. The van der Waals surface area contributed by atoms with Crippen LogP contribution in [0.3, 0.4) is 0 Å². The minimum absolute atomic E-state index is 0.677. The largest absolute Gasteiger partial charge is 0.497 e. The minimum atomic E-state index is 0.677. The van der Waals surface area contributed by atoms with Crippen LogP contribution in [-0.2, 0) is 0 Å². The third-order valence-corrected chi connectivity index (χ3v) is 4.74. The van der Waals surface area contributed by atoms with E-state index in [-0.39, 0.29) is 0 Å². The number of piperidine rings is 1. The predicted molar refractivity (Wildman–Crippen MR) is 79.3 cm³/mol. The second kappa shape index (κ2) is 5.04. The van der Waals surface area contributed by atoms with Gasteiger partial charge in [0, 0.05) is 25.2 Å². The van der Waals surface area contributed by atoms with Gasteiger partial charge < -0.3 is 15.0 Å². The summed E-state index contributed by atoms with van der Waals surface area (Å²) in [6, 6.07) is 4.42. The maximum absolute atomic E-state index is 5.46. The van der Waals surface area contributed by atoms with Crippen molar-refractivity contribution in [2.45, 2.75) is 25.7 Å². The van der Waals surface area contributed by atoms with E-state index in [0.717, 1.165) is 18.2 Å².